The summed E-state index contributed by atoms with van der Waals surface area (Å²) in [5.41, 5.74) is 2.88. The van der Waals surface area contributed by atoms with E-state index < -0.39 is 0 Å². The summed E-state index contributed by atoms with van der Waals surface area (Å²) < 4.78 is 0. The fourth-order valence-electron chi connectivity index (χ4n) is 3.14. The zero-order valence-electron chi connectivity index (χ0n) is 14.9. The smallest absolute Gasteiger partial charge is 0.193 e. The van der Waals surface area contributed by atoms with Gasteiger partial charge in [0.25, 0.3) is 0 Å². The Hall–Kier alpha value is -2.56. The van der Waals surface area contributed by atoms with Crippen LogP contribution < -0.4 is 10.6 Å². The van der Waals surface area contributed by atoms with Crippen molar-refractivity contribution in [1.82, 2.24) is 15.2 Å². The molecule has 0 atom stereocenters. The van der Waals surface area contributed by atoms with Gasteiger partial charge in [-0.05, 0) is 42.5 Å². The number of nitrogens with one attached hydrogen (secondary N) is 2. The van der Waals surface area contributed by atoms with Crippen molar-refractivity contribution in [2.75, 3.05) is 32.0 Å². The molecule has 0 spiro atoms. The van der Waals surface area contributed by atoms with E-state index in [4.69, 9.17) is 0 Å². The molecule has 5 nitrogen and oxygen atoms in total. The average Bonchev–Trinajstić information content (AvgIpc) is 2.68. The van der Waals surface area contributed by atoms with Gasteiger partial charge in [0.15, 0.2) is 5.96 Å². The maximum absolute atomic E-state index is 4.46. The van der Waals surface area contributed by atoms with Crippen LogP contribution in [0.2, 0.25) is 0 Å². The highest BCUT2D eigenvalue weighted by Crippen LogP contribution is 2.18. The van der Waals surface area contributed by atoms with E-state index in [-0.39, 0.29) is 0 Å². The van der Waals surface area contributed by atoms with E-state index in [9.17, 15) is 0 Å². The number of hydrogen-bond acceptors (Lipinski definition) is 3. The normalized spacial score (nSPS) is 14.1. The lowest BCUT2D eigenvalue weighted by atomic mass is 10.0. The number of anilines is 1. The highest BCUT2D eigenvalue weighted by molar-refractivity contribution is 5.80. The molecule has 2 aromatic rings. The maximum atomic E-state index is 4.46. The Labute approximate surface area is 150 Å². The van der Waals surface area contributed by atoms with Crippen LogP contribution in [-0.2, 0) is 13.0 Å². The molecule has 1 aromatic carbocycles. The van der Waals surface area contributed by atoms with Crippen molar-refractivity contribution >= 4 is 11.8 Å². The summed E-state index contributed by atoms with van der Waals surface area (Å²) in [6, 6.07) is 14.6. The maximum Gasteiger partial charge on any atom is 0.193 e. The Morgan fingerprint density at radius 2 is 1.88 bits per heavy atom. The number of pyridine rings is 1. The first-order chi connectivity index (χ1) is 12.4. The lowest BCUT2D eigenvalue weighted by molar-refractivity contribution is 0.378. The van der Waals surface area contributed by atoms with Crippen LogP contribution in [0.15, 0.2) is 53.7 Å². The quantitative estimate of drug-likeness (QED) is 0.483. The second kappa shape index (κ2) is 9.06. The van der Waals surface area contributed by atoms with Gasteiger partial charge in [0.2, 0.25) is 0 Å². The molecule has 0 aliphatic carbocycles. The van der Waals surface area contributed by atoms with Gasteiger partial charge in [-0.15, -0.1) is 0 Å². The van der Waals surface area contributed by atoms with Gasteiger partial charge in [0.1, 0.15) is 5.82 Å². The van der Waals surface area contributed by atoms with Crippen molar-refractivity contribution in [3.8, 4) is 0 Å². The third-order valence-corrected chi connectivity index (χ3v) is 4.50. The molecule has 0 bridgehead atoms. The summed E-state index contributed by atoms with van der Waals surface area (Å²) in [5, 5.41) is 6.84. The van der Waals surface area contributed by atoms with Gasteiger partial charge in [-0.3, -0.25) is 4.99 Å². The largest absolute Gasteiger partial charge is 0.370 e. The average molecular weight is 337 g/mol. The summed E-state index contributed by atoms with van der Waals surface area (Å²) in [5.74, 6) is 1.95. The second-order valence-electron chi connectivity index (χ2n) is 6.26. The Kier molecular flexibility index (Phi) is 6.26. The van der Waals surface area contributed by atoms with E-state index >= 15 is 0 Å². The molecule has 3 rings (SSSR count). The van der Waals surface area contributed by atoms with Crippen molar-refractivity contribution in [2.24, 2.45) is 4.99 Å². The Morgan fingerprint density at radius 1 is 1.08 bits per heavy atom. The first-order valence-electron chi connectivity index (χ1n) is 9.04. The van der Waals surface area contributed by atoms with Crippen LogP contribution in [0, 0.1) is 0 Å². The SMILES string of the molecule is CN=C(NCCCCNc1ccccn1)N1CCc2ccccc2C1. The molecule has 0 saturated carbocycles. The fraction of sp³-hybridized carbons (Fsp3) is 0.400. The summed E-state index contributed by atoms with van der Waals surface area (Å²) in [6.07, 6.45) is 5.10. The number of aliphatic imine (C=N–C) groups is 1. The van der Waals surface area contributed by atoms with Crippen molar-refractivity contribution in [1.29, 1.82) is 0 Å². The number of aromatic nitrogens is 1. The van der Waals surface area contributed by atoms with Crippen LogP contribution in [0.1, 0.15) is 24.0 Å². The van der Waals surface area contributed by atoms with E-state index in [1.54, 1.807) is 0 Å². The lowest BCUT2D eigenvalue weighted by Crippen LogP contribution is -2.44. The summed E-state index contributed by atoms with van der Waals surface area (Å²) >= 11 is 0. The van der Waals surface area contributed by atoms with Gasteiger partial charge in [0, 0.05) is 39.4 Å². The number of benzene rings is 1. The second-order valence-corrected chi connectivity index (χ2v) is 6.26. The van der Waals surface area contributed by atoms with E-state index in [0.717, 1.165) is 57.2 Å². The number of unbranched alkanes of at least 4 members (excludes halogenated alkanes) is 1. The summed E-state index contributed by atoms with van der Waals surface area (Å²) in [4.78, 5) is 11.1. The number of fused-ring (bicyclic) bond motifs is 1. The first-order valence-corrected chi connectivity index (χ1v) is 9.04. The molecule has 25 heavy (non-hydrogen) atoms. The number of nitrogens with zero attached hydrogens (tertiary/aromatic N) is 3. The highest BCUT2D eigenvalue weighted by atomic mass is 15.3. The predicted molar refractivity (Wildman–Crippen MR) is 104 cm³/mol. The van der Waals surface area contributed by atoms with Gasteiger partial charge in [-0.1, -0.05) is 30.3 Å². The van der Waals surface area contributed by atoms with E-state index in [1.807, 2.05) is 31.4 Å². The molecule has 0 amide bonds. The lowest BCUT2D eigenvalue weighted by Gasteiger charge is -2.31. The Bertz CT molecular complexity index is 683. The zero-order chi connectivity index (χ0) is 17.3. The third kappa shape index (κ3) is 4.95. The molecule has 1 aliphatic heterocycles. The molecule has 2 heterocycles. The first kappa shape index (κ1) is 17.3. The minimum Gasteiger partial charge on any atom is -0.370 e. The molecule has 0 radical (unpaired) electrons. The molecule has 132 valence electrons. The van der Waals surface area contributed by atoms with Crippen LogP contribution >= 0.6 is 0 Å². The van der Waals surface area contributed by atoms with Crippen molar-refractivity contribution in [3.05, 3.63) is 59.8 Å². The van der Waals surface area contributed by atoms with Gasteiger partial charge in [-0.2, -0.15) is 0 Å². The van der Waals surface area contributed by atoms with Crippen LogP contribution in [0.4, 0.5) is 5.82 Å². The highest BCUT2D eigenvalue weighted by Gasteiger charge is 2.18. The topological polar surface area (TPSA) is 52.6 Å². The van der Waals surface area contributed by atoms with Crippen molar-refractivity contribution in [2.45, 2.75) is 25.8 Å². The van der Waals surface area contributed by atoms with Gasteiger partial charge in [-0.25, -0.2) is 4.98 Å². The Balaban J connectivity index is 1.37. The molecular formula is C20H27N5. The molecule has 0 fully saturated rings. The van der Waals surface area contributed by atoms with E-state index in [1.165, 1.54) is 11.1 Å². The fourth-order valence-corrected chi connectivity index (χ4v) is 3.14. The number of hydrogen-bond donors (Lipinski definition) is 2. The molecule has 1 aromatic heterocycles. The molecule has 0 saturated heterocycles. The predicted octanol–water partition coefficient (Wildman–Crippen LogP) is 2.91. The standard InChI is InChI=1S/C20H27N5/c1-21-20(25-15-11-17-8-2-3-9-18(17)16-25)24-14-7-6-13-23-19-10-4-5-12-22-19/h2-5,8-10,12H,6-7,11,13-16H2,1H3,(H,21,24)(H,22,23). The molecule has 0 unspecified atom stereocenters. The van der Waals surface area contributed by atoms with E-state index in [2.05, 4.69) is 49.8 Å². The third-order valence-electron chi connectivity index (χ3n) is 4.50. The molecule has 2 N–H and O–H groups in total. The van der Waals surface area contributed by atoms with Crippen molar-refractivity contribution in [3.63, 3.8) is 0 Å². The van der Waals surface area contributed by atoms with Gasteiger partial charge >= 0.3 is 0 Å². The summed E-state index contributed by atoms with van der Waals surface area (Å²) in [7, 11) is 1.87. The zero-order valence-corrected chi connectivity index (χ0v) is 14.9. The van der Waals surface area contributed by atoms with Crippen LogP contribution in [0.3, 0.4) is 0 Å². The van der Waals surface area contributed by atoms with Crippen LogP contribution in [0.5, 0.6) is 0 Å². The van der Waals surface area contributed by atoms with E-state index in [0.29, 0.717) is 0 Å². The van der Waals surface area contributed by atoms with Crippen molar-refractivity contribution < 1.29 is 0 Å². The minimum absolute atomic E-state index is 0.939. The van der Waals surface area contributed by atoms with Crippen LogP contribution in [-0.4, -0.2) is 42.5 Å². The van der Waals surface area contributed by atoms with Gasteiger partial charge < -0.3 is 15.5 Å². The number of guanidine groups is 1. The number of rotatable bonds is 6. The Morgan fingerprint density at radius 3 is 2.68 bits per heavy atom. The molecular weight excluding hydrogens is 310 g/mol. The van der Waals surface area contributed by atoms with Crippen LogP contribution in [0.25, 0.3) is 0 Å². The summed E-state index contributed by atoms with van der Waals surface area (Å²) in [6.45, 7) is 3.85. The minimum atomic E-state index is 0.939. The molecule has 1 aliphatic rings. The monoisotopic (exact) mass is 337 g/mol. The van der Waals surface area contributed by atoms with Gasteiger partial charge in [0.05, 0.1) is 0 Å². The molecule has 5 heteroatoms.